The molecule has 1 aliphatic heterocycles. The fourth-order valence-electron chi connectivity index (χ4n) is 0.803. The quantitative estimate of drug-likeness (QED) is 0.537. The van der Waals surface area contributed by atoms with Crippen molar-refractivity contribution in [2.75, 3.05) is 6.61 Å². The lowest BCUT2D eigenvalue weighted by Gasteiger charge is -2.33. The maximum absolute atomic E-state index is 10.5. The molecule has 3 nitrogen and oxygen atoms in total. The van der Waals surface area contributed by atoms with Gasteiger partial charge in [0.25, 0.3) is 0 Å². The SMILES string of the molecule is CCO[C@H]1NC(=O)[C@@H]1C. The van der Waals surface area contributed by atoms with Crippen molar-refractivity contribution in [1.29, 1.82) is 0 Å². The third kappa shape index (κ3) is 1.05. The Balaban J connectivity index is 2.25. The molecule has 2 atom stereocenters. The van der Waals surface area contributed by atoms with E-state index in [9.17, 15) is 4.79 Å². The van der Waals surface area contributed by atoms with Crippen LogP contribution in [-0.2, 0) is 9.53 Å². The molecular weight excluding hydrogens is 118 g/mol. The van der Waals surface area contributed by atoms with Crippen molar-refractivity contribution < 1.29 is 9.53 Å². The molecule has 1 fully saturated rings. The van der Waals surface area contributed by atoms with Crippen molar-refractivity contribution in [1.82, 2.24) is 5.32 Å². The molecule has 0 saturated carbocycles. The first kappa shape index (κ1) is 6.55. The number of hydrogen-bond donors (Lipinski definition) is 1. The van der Waals surface area contributed by atoms with Gasteiger partial charge in [-0.05, 0) is 13.8 Å². The van der Waals surface area contributed by atoms with Crippen LogP contribution in [0.2, 0.25) is 0 Å². The predicted molar refractivity (Wildman–Crippen MR) is 32.7 cm³/mol. The third-order valence-electron chi connectivity index (χ3n) is 1.50. The Morgan fingerprint density at radius 1 is 1.78 bits per heavy atom. The van der Waals surface area contributed by atoms with Crippen LogP contribution in [0.5, 0.6) is 0 Å². The van der Waals surface area contributed by atoms with Gasteiger partial charge in [-0.25, -0.2) is 0 Å². The zero-order chi connectivity index (χ0) is 6.85. The number of hydrogen-bond acceptors (Lipinski definition) is 2. The third-order valence-corrected chi connectivity index (χ3v) is 1.50. The predicted octanol–water partition coefficient (Wildman–Crippen LogP) is 0.115. The van der Waals surface area contributed by atoms with E-state index in [2.05, 4.69) is 5.32 Å². The molecule has 0 aromatic heterocycles. The Morgan fingerprint density at radius 2 is 2.44 bits per heavy atom. The molecule has 1 saturated heterocycles. The molecule has 1 N–H and O–H groups in total. The van der Waals surface area contributed by atoms with E-state index in [1.807, 2.05) is 13.8 Å². The molecule has 0 aromatic carbocycles. The van der Waals surface area contributed by atoms with Crippen molar-refractivity contribution in [2.24, 2.45) is 5.92 Å². The minimum Gasteiger partial charge on any atom is -0.358 e. The van der Waals surface area contributed by atoms with E-state index >= 15 is 0 Å². The van der Waals surface area contributed by atoms with Gasteiger partial charge in [0.1, 0.15) is 6.23 Å². The van der Waals surface area contributed by atoms with Crippen LogP contribution in [0, 0.1) is 5.92 Å². The fraction of sp³-hybridized carbons (Fsp3) is 0.833. The number of amides is 1. The van der Waals surface area contributed by atoms with Gasteiger partial charge in [0, 0.05) is 6.61 Å². The molecule has 0 bridgehead atoms. The summed E-state index contributed by atoms with van der Waals surface area (Å²) in [5.41, 5.74) is 0. The van der Waals surface area contributed by atoms with Crippen molar-refractivity contribution in [3.63, 3.8) is 0 Å². The summed E-state index contributed by atoms with van der Waals surface area (Å²) in [6.07, 6.45) is -0.0255. The summed E-state index contributed by atoms with van der Waals surface area (Å²) in [5, 5.41) is 2.63. The van der Waals surface area contributed by atoms with E-state index < -0.39 is 0 Å². The molecule has 3 heteroatoms. The Labute approximate surface area is 54.4 Å². The van der Waals surface area contributed by atoms with E-state index in [-0.39, 0.29) is 18.1 Å². The molecule has 0 aliphatic carbocycles. The zero-order valence-electron chi connectivity index (χ0n) is 5.68. The van der Waals surface area contributed by atoms with Gasteiger partial charge in [0.2, 0.25) is 5.91 Å². The summed E-state index contributed by atoms with van der Waals surface area (Å²) >= 11 is 0. The molecule has 1 amide bonds. The second-order valence-corrected chi connectivity index (χ2v) is 2.17. The van der Waals surface area contributed by atoms with Gasteiger partial charge in [0.05, 0.1) is 5.92 Å². The molecule has 0 aromatic rings. The highest BCUT2D eigenvalue weighted by atomic mass is 16.5. The van der Waals surface area contributed by atoms with Crippen LogP contribution in [-0.4, -0.2) is 18.7 Å². The van der Waals surface area contributed by atoms with E-state index in [1.54, 1.807) is 0 Å². The molecule has 0 unspecified atom stereocenters. The van der Waals surface area contributed by atoms with Crippen LogP contribution in [0.4, 0.5) is 0 Å². The summed E-state index contributed by atoms with van der Waals surface area (Å²) in [6.45, 7) is 4.44. The topological polar surface area (TPSA) is 38.3 Å². The fourth-order valence-corrected chi connectivity index (χ4v) is 0.803. The van der Waals surface area contributed by atoms with Gasteiger partial charge in [-0.15, -0.1) is 0 Å². The summed E-state index contributed by atoms with van der Waals surface area (Å²) in [6, 6.07) is 0. The van der Waals surface area contributed by atoms with E-state index in [0.29, 0.717) is 6.61 Å². The molecular formula is C6H11NO2. The number of carbonyl (C=O) groups excluding carboxylic acids is 1. The summed E-state index contributed by atoms with van der Waals surface area (Å²) in [7, 11) is 0. The molecule has 52 valence electrons. The minimum atomic E-state index is -0.0255. The average molecular weight is 129 g/mol. The van der Waals surface area contributed by atoms with Crippen LogP contribution in [0.3, 0.4) is 0 Å². The van der Waals surface area contributed by atoms with Gasteiger partial charge in [-0.2, -0.15) is 0 Å². The highest BCUT2D eigenvalue weighted by Crippen LogP contribution is 2.13. The van der Waals surface area contributed by atoms with Crippen molar-refractivity contribution in [3.05, 3.63) is 0 Å². The van der Waals surface area contributed by atoms with Crippen LogP contribution >= 0.6 is 0 Å². The lowest BCUT2D eigenvalue weighted by atomic mass is 10.0. The second kappa shape index (κ2) is 2.35. The van der Waals surface area contributed by atoms with Gasteiger partial charge in [-0.3, -0.25) is 4.79 Å². The second-order valence-electron chi connectivity index (χ2n) is 2.17. The smallest absolute Gasteiger partial charge is 0.229 e. The highest BCUT2D eigenvalue weighted by molar-refractivity contribution is 5.84. The summed E-state index contributed by atoms with van der Waals surface area (Å²) in [5.74, 6) is 0.137. The van der Waals surface area contributed by atoms with Crippen LogP contribution < -0.4 is 5.32 Å². The first-order valence-corrected chi connectivity index (χ1v) is 3.17. The van der Waals surface area contributed by atoms with Crippen LogP contribution in [0.25, 0.3) is 0 Å². The van der Waals surface area contributed by atoms with Crippen LogP contribution in [0.1, 0.15) is 13.8 Å². The summed E-state index contributed by atoms with van der Waals surface area (Å²) in [4.78, 5) is 10.5. The first-order valence-electron chi connectivity index (χ1n) is 3.17. The number of β-lactam (4-membered cyclic amide) rings is 1. The summed E-state index contributed by atoms with van der Waals surface area (Å²) < 4.78 is 5.13. The number of carbonyl (C=O) groups is 1. The highest BCUT2D eigenvalue weighted by Gasteiger charge is 2.35. The molecule has 9 heavy (non-hydrogen) atoms. The van der Waals surface area contributed by atoms with Gasteiger partial charge < -0.3 is 10.1 Å². The number of nitrogens with one attached hydrogen (secondary N) is 1. The standard InChI is InChI=1S/C6H11NO2/c1-3-9-6-4(2)5(8)7-6/h4,6H,3H2,1-2H3,(H,7,8)/t4-,6+/m0/s1. The first-order chi connectivity index (χ1) is 4.25. The largest absolute Gasteiger partial charge is 0.358 e. The molecule has 0 radical (unpaired) electrons. The maximum Gasteiger partial charge on any atom is 0.229 e. The van der Waals surface area contributed by atoms with Crippen molar-refractivity contribution in [2.45, 2.75) is 20.1 Å². The monoisotopic (exact) mass is 129 g/mol. The average Bonchev–Trinajstić information content (AvgIpc) is 1.88. The maximum atomic E-state index is 10.5. The van der Waals surface area contributed by atoms with Crippen molar-refractivity contribution >= 4 is 5.91 Å². The Bertz CT molecular complexity index is 124. The molecule has 1 heterocycles. The van der Waals surface area contributed by atoms with E-state index in [0.717, 1.165) is 0 Å². The van der Waals surface area contributed by atoms with Gasteiger partial charge in [-0.1, -0.05) is 0 Å². The molecule has 1 rings (SSSR count). The molecule has 1 aliphatic rings. The minimum absolute atomic E-state index is 0.0255. The normalized spacial score (nSPS) is 33.3. The van der Waals surface area contributed by atoms with E-state index in [4.69, 9.17) is 4.74 Å². The van der Waals surface area contributed by atoms with Crippen LogP contribution in [0.15, 0.2) is 0 Å². The lowest BCUT2D eigenvalue weighted by Crippen LogP contribution is -2.58. The Morgan fingerprint density at radius 3 is 2.78 bits per heavy atom. The lowest BCUT2D eigenvalue weighted by molar-refractivity contribution is -0.150. The van der Waals surface area contributed by atoms with Crippen molar-refractivity contribution in [3.8, 4) is 0 Å². The Hall–Kier alpha value is -0.570. The number of rotatable bonds is 2. The molecule has 0 spiro atoms. The zero-order valence-corrected chi connectivity index (χ0v) is 5.68. The van der Waals surface area contributed by atoms with E-state index in [1.165, 1.54) is 0 Å². The van der Waals surface area contributed by atoms with Gasteiger partial charge >= 0.3 is 0 Å². The van der Waals surface area contributed by atoms with Gasteiger partial charge in [0.15, 0.2) is 0 Å². The number of ether oxygens (including phenoxy) is 1. The Kier molecular flexibility index (Phi) is 1.71.